The van der Waals surface area contributed by atoms with Crippen LogP contribution in [0.5, 0.6) is 11.5 Å². The fourth-order valence-corrected chi connectivity index (χ4v) is 11.8. The van der Waals surface area contributed by atoms with Gasteiger partial charge >= 0.3 is 14.2 Å². The molecule has 0 saturated heterocycles. The molecule has 0 spiro atoms. The van der Waals surface area contributed by atoms with Crippen LogP contribution in [0.2, 0.25) is 0 Å². The quantitative estimate of drug-likeness (QED) is 0.117. The second-order valence-corrected chi connectivity index (χ2v) is 19.5. The molecule has 14 nitrogen and oxygen atoms in total. The maximum Gasteiger partial charge on any atom is 0.555 e. The van der Waals surface area contributed by atoms with Gasteiger partial charge in [-0.05, 0) is 104 Å². The monoisotopic (exact) mass is 774 g/mol. The number of aromatic amines is 2. The van der Waals surface area contributed by atoms with E-state index in [0.29, 0.717) is 50.2 Å². The Balaban J connectivity index is 0.786. The van der Waals surface area contributed by atoms with Crippen molar-refractivity contribution in [2.45, 2.75) is 70.4 Å². The average Bonchev–Trinajstić information content (AvgIpc) is 3.77. The predicted octanol–water partition coefficient (Wildman–Crippen LogP) is 3.98. The molecule has 3 fully saturated rings. The van der Waals surface area contributed by atoms with Crippen molar-refractivity contribution in [3.05, 3.63) is 60.0 Å². The van der Waals surface area contributed by atoms with E-state index in [1.165, 1.54) is 0 Å². The largest absolute Gasteiger partial charge is 0.555 e. The van der Waals surface area contributed by atoms with Gasteiger partial charge in [-0.2, -0.15) is 0 Å². The second kappa shape index (κ2) is 14.1. The van der Waals surface area contributed by atoms with Crippen LogP contribution in [0, 0.1) is 23.7 Å². The van der Waals surface area contributed by atoms with Gasteiger partial charge in [0.25, 0.3) is 0 Å². The van der Waals surface area contributed by atoms with Crippen molar-refractivity contribution in [3.63, 3.8) is 0 Å². The first-order valence-corrected chi connectivity index (χ1v) is 22.3. The number of allylic oxidation sites excluding steroid dienone is 2. The van der Waals surface area contributed by atoms with E-state index in [2.05, 4.69) is 29.4 Å². The molecule has 2 aliphatic heterocycles. The molecular weight excluding hydrogens is 730 g/mol. The highest BCUT2D eigenvalue weighted by Gasteiger charge is 2.41. The normalized spacial score (nSPS) is 24.7. The average molecular weight is 775 g/mol. The van der Waals surface area contributed by atoms with Gasteiger partial charge in [-0.25, -0.2) is 36.2 Å². The Morgan fingerprint density at radius 3 is 2.04 bits per heavy atom. The third kappa shape index (κ3) is 7.23. The lowest BCUT2D eigenvalue weighted by Crippen LogP contribution is -2.47. The van der Waals surface area contributed by atoms with Crippen molar-refractivity contribution in [1.82, 2.24) is 29.4 Å². The van der Waals surface area contributed by atoms with E-state index in [0.717, 1.165) is 63.6 Å². The minimum Gasteiger partial charge on any atom is -0.531 e. The molecule has 4 aromatic heterocycles. The Bertz CT molecular complexity index is 2350. The van der Waals surface area contributed by atoms with Crippen LogP contribution >= 0.6 is 0 Å². The highest BCUT2D eigenvalue weighted by Crippen LogP contribution is 2.48. The van der Waals surface area contributed by atoms with Crippen LogP contribution in [-0.4, -0.2) is 86.2 Å². The van der Waals surface area contributed by atoms with Crippen molar-refractivity contribution in [2.75, 3.05) is 18.1 Å². The molecule has 3 aliphatic carbocycles. The van der Waals surface area contributed by atoms with E-state index < -0.39 is 34.3 Å². The molecule has 18 heteroatoms. The first kappa shape index (κ1) is 36.0. The zero-order chi connectivity index (χ0) is 37.2. The van der Waals surface area contributed by atoms with E-state index in [1.54, 1.807) is 18.4 Å². The van der Waals surface area contributed by atoms with Gasteiger partial charge < -0.3 is 29.0 Å². The molecular formula is C36H44B2N6O8S2. The van der Waals surface area contributed by atoms with E-state index >= 15 is 0 Å². The smallest absolute Gasteiger partial charge is 0.531 e. The minimum absolute atomic E-state index is 0.0304. The number of hydrogen-bond acceptors (Lipinski definition) is 10. The summed E-state index contributed by atoms with van der Waals surface area (Å²) in [6, 6.07) is 3.61. The second-order valence-electron chi connectivity index (χ2n) is 15.8. The van der Waals surface area contributed by atoms with Gasteiger partial charge in [-0.15, -0.1) is 0 Å². The molecule has 0 aromatic carbocycles. The highest BCUT2D eigenvalue weighted by atomic mass is 32.2. The number of fused-ring (bicyclic) bond motifs is 6. The number of sulfonamides is 2. The van der Waals surface area contributed by atoms with Crippen molar-refractivity contribution < 1.29 is 35.8 Å². The maximum atomic E-state index is 13.2. The number of H-pyrrole nitrogens is 2. The molecule has 1 unspecified atom stereocenters. The van der Waals surface area contributed by atoms with Gasteiger partial charge in [0.2, 0.25) is 20.0 Å². The Labute approximate surface area is 315 Å². The molecule has 6 heterocycles. The molecule has 5 N–H and O–H groups in total. The summed E-state index contributed by atoms with van der Waals surface area (Å²) < 4.78 is 75.7. The summed E-state index contributed by atoms with van der Waals surface area (Å²) in [7, 11) is -8.62. The van der Waals surface area contributed by atoms with Gasteiger partial charge in [0, 0.05) is 53.0 Å². The Morgan fingerprint density at radius 2 is 1.44 bits per heavy atom. The van der Waals surface area contributed by atoms with Crippen molar-refractivity contribution in [2.24, 2.45) is 23.7 Å². The van der Waals surface area contributed by atoms with Crippen LogP contribution in [0.1, 0.15) is 69.4 Å². The summed E-state index contributed by atoms with van der Waals surface area (Å²) in [4.78, 5) is 15.2. The van der Waals surface area contributed by atoms with E-state index in [9.17, 15) is 21.9 Å². The highest BCUT2D eigenvalue weighted by molar-refractivity contribution is 7.89. The number of nitrogens with one attached hydrogen (secondary N) is 4. The van der Waals surface area contributed by atoms with Crippen LogP contribution in [0.15, 0.2) is 48.9 Å². The summed E-state index contributed by atoms with van der Waals surface area (Å²) in [5.74, 6) is 5.42. The van der Waals surface area contributed by atoms with E-state index in [-0.39, 0.29) is 47.3 Å². The van der Waals surface area contributed by atoms with Gasteiger partial charge in [-0.3, -0.25) is 0 Å². The molecule has 54 heavy (non-hydrogen) atoms. The topological polar surface area (TPSA) is 198 Å². The Morgan fingerprint density at radius 1 is 0.870 bits per heavy atom. The standard InChI is InChI=1S/C36H44B2N6O8S2/c1-21(7-10-53(46,47)43-25-11-23(12-25)29-15-37(45)51-31-17-41-35-27(33(29)31)5-8-39-35)19-50-38-16-30(34-28-6-9-40-36(28)42-18-32(34)52-38)24-13-26(14-24)44-54(48,49)20-22-3-2-4-22/h5-6,8-9,15-18,21-26,43-45H,2-4,7,10-14,19-20H2,1H3,(H,39,41)(H,40,42). The molecule has 9 rings (SSSR count). The van der Waals surface area contributed by atoms with Crippen LogP contribution in [-0.2, 0) is 24.7 Å². The van der Waals surface area contributed by atoms with E-state index in [4.69, 9.17) is 14.0 Å². The van der Waals surface area contributed by atoms with E-state index in [1.807, 2.05) is 37.4 Å². The minimum atomic E-state index is -3.54. The van der Waals surface area contributed by atoms with Gasteiger partial charge in [0.15, 0.2) is 0 Å². The zero-order valence-corrected chi connectivity index (χ0v) is 31.7. The zero-order valence-electron chi connectivity index (χ0n) is 30.0. The fraction of sp³-hybridized carbons (Fsp3) is 0.500. The molecule has 0 amide bonds. The number of hydrogen-bond donors (Lipinski definition) is 5. The lowest BCUT2D eigenvalue weighted by atomic mass is 9.68. The van der Waals surface area contributed by atoms with Crippen LogP contribution in [0.3, 0.4) is 0 Å². The predicted molar refractivity (Wildman–Crippen MR) is 207 cm³/mol. The first-order chi connectivity index (χ1) is 26.0. The van der Waals surface area contributed by atoms with Crippen molar-refractivity contribution in [1.29, 1.82) is 0 Å². The number of rotatable bonds is 14. The van der Waals surface area contributed by atoms with Crippen LogP contribution in [0.4, 0.5) is 0 Å². The summed E-state index contributed by atoms with van der Waals surface area (Å²) in [5, 5.41) is 12.2. The van der Waals surface area contributed by atoms with Crippen molar-refractivity contribution >= 4 is 67.5 Å². The molecule has 0 bridgehead atoms. The molecule has 3 saturated carbocycles. The van der Waals surface area contributed by atoms with Crippen LogP contribution in [0.25, 0.3) is 33.2 Å². The summed E-state index contributed by atoms with van der Waals surface area (Å²) in [5.41, 5.74) is 5.34. The molecule has 5 aliphatic rings. The third-order valence-electron chi connectivity index (χ3n) is 11.8. The number of aromatic nitrogens is 4. The summed E-state index contributed by atoms with van der Waals surface area (Å²) in [6.07, 6.45) is 13.1. The first-order valence-electron chi connectivity index (χ1n) is 19.0. The Hall–Kier alpha value is -3.67. The molecule has 0 radical (unpaired) electrons. The third-order valence-corrected chi connectivity index (χ3v) is 14.8. The molecule has 284 valence electrons. The van der Waals surface area contributed by atoms with Gasteiger partial charge in [-0.1, -0.05) is 13.3 Å². The maximum absolute atomic E-state index is 13.2. The van der Waals surface area contributed by atoms with Gasteiger partial charge in [0.05, 0.1) is 23.9 Å². The number of pyridine rings is 2. The lowest BCUT2D eigenvalue weighted by Gasteiger charge is -2.39. The van der Waals surface area contributed by atoms with Crippen LogP contribution < -0.4 is 18.8 Å². The van der Waals surface area contributed by atoms with Gasteiger partial charge in [0.1, 0.15) is 22.8 Å². The fourth-order valence-electron chi connectivity index (χ4n) is 8.53. The summed E-state index contributed by atoms with van der Waals surface area (Å²) >= 11 is 0. The number of nitrogens with zero attached hydrogens (tertiary/aromatic N) is 2. The molecule has 1 atom stereocenters. The lowest BCUT2D eigenvalue weighted by molar-refractivity contribution is 0.225. The SMILES string of the molecule is CC(CCS(=O)(=O)NC1CC(C2=CB(O)Oc3cnc4[nH]ccc4c32)C1)COB1C=C(C2CC(NS(=O)(=O)CC3CCC3)C2)c2c(cnc3[nH]ccc23)O1. The summed E-state index contributed by atoms with van der Waals surface area (Å²) in [6.45, 7) is 2.25. The van der Waals surface area contributed by atoms with Crippen molar-refractivity contribution in [3.8, 4) is 11.5 Å². The molecule has 4 aromatic rings. The Kier molecular flexibility index (Phi) is 9.41.